The third kappa shape index (κ3) is 8.87. The maximum Gasteiger partial charge on any atom is 0.416 e. The molecule has 1 aromatic rings. The Bertz CT molecular complexity index is 783. The lowest BCUT2D eigenvalue weighted by Gasteiger charge is -2.29. The summed E-state index contributed by atoms with van der Waals surface area (Å²) in [6.45, 7) is 4.83. The van der Waals surface area contributed by atoms with Gasteiger partial charge in [-0.05, 0) is 76.1 Å². The summed E-state index contributed by atoms with van der Waals surface area (Å²) in [7, 11) is 0. The van der Waals surface area contributed by atoms with Crippen molar-refractivity contribution in [2.24, 2.45) is 11.8 Å². The van der Waals surface area contributed by atoms with Crippen LogP contribution in [-0.2, 0) is 17.1 Å². The zero-order valence-corrected chi connectivity index (χ0v) is 18.5. The van der Waals surface area contributed by atoms with Gasteiger partial charge in [-0.3, -0.25) is 9.59 Å². The lowest BCUT2D eigenvalue weighted by atomic mass is 9.82. The number of rotatable bonds is 8. The highest BCUT2D eigenvalue weighted by Crippen LogP contribution is 2.36. The number of amides is 2. The third-order valence-electron chi connectivity index (χ3n) is 5.54. The summed E-state index contributed by atoms with van der Waals surface area (Å²) in [4.78, 5) is 23.9. The number of hydrogen-bond donors (Lipinski definition) is 3. The smallest absolute Gasteiger partial charge is 0.353 e. The summed E-state index contributed by atoms with van der Waals surface area (Å²) in [5.74, 6) is -0.597. The summed E-state index contributed by atoms with van der Waals surface area (Å²) < 4.78 is 77.8. The van der Waals surface area contributed by atoms with Crippen LogP contribution in [-0.4, -0.2) is 37.5 Å². The van der Waals surface area contributed by atoms with Crippen LogP contribution in [0.5, 0.6) is 0 Å². The Hall–Kier alpha value is -2.30. The lowest BCUT2D eigenvalue weighted by Crippen LogP contribution is -2.39. The summed E-state index contributed by atoms with van der Waals surface area (Å²) in [6.07, 6.45) is -6.78. The number of nitrogens with one attached hydrogen (secondary N) is 3. The van der Waals surface area contributed by atoms with Crippen molar-refractivity contribution in [2.45, 2.75) is 57.9 Å². The monoisotopic (exact) mass is 481 g/mol. The van der Waals surface area contributed by atoms with E-state index in [9.17, 15) is 35.9 Å². The molecule has 2 amide bonds. The Morgan fingerprint density at radius 1 is 0.879 bits per heavy atom. The van der Waals surface area contributed by atoms with E-state index in [0.717, 1.165) is 25.7 Å². The topological polar surface area (TPSA) is 70.2 Å². The fraction of sp³-hybridized carbons (Fsp3) is 0.636. The van der Waals surface area contributed by atoms with Gasteiger partial charge in [0.1, 0.15) is 0 Å². The molecule has 0 aromatic heterocycles. The van der Waals surface area contributed by atoms with Gasteiger partial charge in [-0.1, -0.05) is 0 Å². The molecule has 0 bridgehead atoms. The highest BCUT2D eigenvalue weighted by atomic mass is 19.4. The molecule has 0 atom stereocenters. The maximum absolute atomic E-state index is 13.0. The molecule has 1 fully saturated rings. The van der Waals surface area contributed by atoms with E-state index < -0.39 is 35.0 Å². The van der Waals surface area contributed by atoms with Gasteiger partial charge in [0.05, 0.1) is 17.7 Å². The van der Waals surface area contributed by atoms with E-state index >= 15 is 0 Å². The molecule has 33 heavy (non-hydrogen) atoms. The SMILES string of the molecule is CC(C)NC(=O)CNCC1CCC(CNC(=O)c2cc(C(F)(F)F)cc(C(F)(F)F)c2)CC1. The first-order valence-corrected chi connectivity index (χ1v) is 10.8. The van der Waals surface area contributed by atoms with Gasteiger partial charge in [0.25, 0.3) is 5.91 Å². The molecule has 0 saturated heterocycles. The molecule has 2 rings (SSSR count). The van der Waals surface area contributed by atoms with E-state index in [0.29, 0.717) is 24.6 Å². The second kappa shape index (κ2) is 11.2. The largest absolute Gasteiger partial charge is 0.416 e. The van der Waals surface area contributed by atoms with Crippen LogP contribution in [0.25, 0.3) is 0 Å². The molecule has 0 heterocycles. The Morgan fingerprint density at radius 2 is 1.36 bits per heavy atom. The van der Waals surface area contributed by atoms with Crippen LogP contribution in [0, 0.1) is 11.8 Å². The predicted octanol–water partition coefficient (Wildman–Crippen LogP) is 4.37. The van der Waals surface area contributed by atoms with Gasteiger partial charge >= 0.3 is 12.4 Å². The second-order valence-corrected chi connectivity index (χ2v) is 8.74. The molecular formula is C22H29F6N3O2. The molecule has 1 saturated carbocycles. The van der Waals surface area contributed by atoms with Crippen molar-refractivity contribution in [2.75, 3.05) is 19.6 Å². The number of carbonyl (C=O) groups is 2. The number of halogens is 6. The molecule has 0 aliphatic heterocycles. The van der Waals surface area contributed by atoms with E-state index in [2.05, 4.69) is 16.0 Å². The number of benzene rings is 1. The molecule has 1 aliphatic carbocycles. The normalized spacial score (nSPS) is 19.4. The minimum absolute atomic E-state index is 0.00143. The van der Waals surface area contributed by atoms with Gasteiger partial charge in [0, 0.05) is 18.2 Å². The highest BCUT2D eigenvalue weighted by molar-refractivity contribution is 5.94. The summed E-state index contributed by atoms with van der Waals surface area (Å²) >= 11 is 0. The van der Waals surface area contributed by atoms with Crippen LogP contribution >= 0.6 is 0 Å². The average molecular weight is 481 g/mol. The van der Waals surface area contributed by atoms with Crippen molar-refractivity contribution in [1.82, 2.24) is 16.0 Å². The van der Waals surface area contributed by atoms with Crippen molar-refractivity contribution < 1.29 is 35.9 Å². The van der Waals surface area contributed by atoms with E-state index in [-0.39, 0.29) is 37.0 Å². The van der Waals surface area contributed by atoms with Crippen molar-refractivity contribution in [1.29, 1.82) is 0 Å². The van der Waals surface area contributed by atoms with Gasteiger partial charge in [-0.25, -0.2) is 0 Å². The first-order chi connectivity index (χ1) is 15.3. The Labute approximate surface area is 188 Å². The molecule has 3 N–H and O–H groups in total. The van der Waals surface area contributed by atoms with Gasteiger partial charge in [-0.15, -0.1) is 0 Å². The predicted molar refractivity (Wildman–Crippen MR) is 110 cm³/mol. The van der Waals surface area contributed by atoms with E-state index in [1.165, 1.54) is 0 Å². The maximum atomic E-state index is 13.0. The fourth-order valence-corrected chi connectivity index (χ4v) is 3.83. The highest BCUT2D eigenvalue weighted by Gasteiger charge is 2.37. The van der Waals surface area contributed by atoms with Gasteiger partial charge in [0.2, 0.25) is 5.91 Å². The molecule has 1 aliphatic rings. The Kier molecular flexibility index (Phi) is 9.16. The van der Waals surface area contributed by atoms with Crippen LogP contribution in [0.2, 0.25) is 0 Å². The van der Waals surface area contributed by atoms with E-state index in [1.54, 1.807) is 0 Å². The van der Waals surface area contributed by atoms with Crippen LogP contribution in [0.4, 0.5) is 26.3 Å². The third-order valence-corrected chi connectivity index (χ3v) is 5.54. The molecule has 0 radical (unpaired) electrons. The van der Waals surface area contributed by atoms with Crippen LogP contribution < -0.4 is 16.0 Å². The van der Waals surface area contributed by atoms with Crippen molar-refractivity contribution in [3.63, 3.8) is 0 Å². The quantitative estimate of drug-likeness (QED) is 0.483. The summed E-state index contributed by atoms with van der Waals surface area (Å²) in [6, 6.07) is 0.935. The van der Waals surface area contributed by atoms with Crippen LogP contribution in [0.1, 0.15) is 61.0 Å². The van der Waals surface area contributed by atoms with Crippen LogP contribution in [0.3, 0.4) is 0 Å². The molecule has 5 nitrogen and oxygen atoms in total. The van der Waals surface area contributed by atoms with Gasteiger partial charge in [0.15, 0.2) is 0 Å². The number of alkyl halides is 6. The summed E-state index contributed by atoms with van der Waals surface area (Å²) in [5, 5.41) is 8.38. The molecule has 0 unspecified atom stereocenters. The average Bonchev–Trinajstić information content (AvgIpc) is 2.70. The molecule has 0 spiro atoms. The van der Waals surface area contributed by atoms with Crippen molar-refractivity contribution in [3.8, 4) is 0 Å². The second-order valence-electron chi connectivity index (χ2n) is 8.74. The van der Waals surface area contributed by atoms with E-state index in [1.807, 2.05) is 13.8 Å². The van der Waals surface area contributed by atoms with Gasteiger partial charge in [-0.2, -0.15) is 26.3 Å². The first kappa shape index (κ1) is 26.9. The lowest BCUT2D eigenvalue weighted by molar-refractivity contribution is -0.143. The molecule has 186 valence electrons. The Morgan fingerprint density at radius 3 is 1.82 bits per heavy atom. The number of carbonyl (C=O) groups excluding carboxylic acids is 2. The van der Waals surface area contributed by atoms with Gasteiger partial charge < -0.3 is 16.0 Å². The molecular weight excluding hydrogens is 452 g/mol. The van der Waals surface area contributed by atoms with E-state index in [4.69, 9.17) is 0 Å². The zero-order valence-electron chi connectivity index (χ0n) is 18.5. The first-order valence-electron chi connectivity index (χ1n) is 10.8. The Balaban J connectivity index is 1.84. The standard InChI is InChI=1S/C22H29F6N3O2/c1-13(2)31-19(32)12-29-10-14-3-5-15(6-4-14)11-30-20(33)16-7-17(21(23,24)25)9-18(8-16)22(26,27)28/h7-9,13-15,29H,3-6,10-12H2,1-2H3,(H,30,33)(H,31,32). The molecule has 1 aromatic carbocycles. The van der Waals surface area contributed by atoms with Crippen LogP contribution in [0.15, 0.2) is 18.2 Å². The van der Waals surface area contributed by atoms with Crippen molar-refractivity contribution >= 4 is 11.8 Å². The zero-order chi connectivity index (χ0) is 24.8. The molecule has 11 heteroatoms. The minimum atomic E-state index is -5.00. The summed E-state index contributed by atoms with van der Waals surface area (Å²) in [5.41, 5.74) is -3.70. The number of hydrogen-bond acceptors (Lipinski definition) is 3. The van der Waals surface area contributed by atoms with Crippen molar-refractivity contribution in [3.05, 3.63) is 34.9 Å². The fourth-order valence-electron chi connectivity index (χ4n) is 3.83. The minimum Gasteiger partial charge on any atom is -0.353 e.